The van der Waals surface area contributed by atoms with Gasteiger partial charge in [-0.3, -0.25) is 14.9 Å². The molecule has 192 valence electrons. The number of amides is 2. The van der Waals surface area contributed by atoms with Crippen LogP contribution in [0.4, 0.5) is 13.2 Å². The third-order valence-electron chi connectivity index (χ3n) is 7.42. The van der Waals surface area contributed by atoms with Crippen molar-refractivity contribution in [3.05, 3.63) is 35.8 Å². The van der Waals surface area contributed by atoms with Crippen molar-refractivity contribution < 1.29 is 27.5 Å². The second kappa shape index (κ2) is 9.41. The van der Waals surface area contributed by atoms with Gasteiger partial charge in [-0.2, -0.15) is 5.26 Å². The molecule has 3 aliphatic rings. The van der Waals surface area contributed by atoms with Crippen molar-refractivity contribution in [1.29, 1.82) is 5.26 Å². The van der Waals surface area contributed by atoms with E-state index in [0.717, 1.165) is 19.3 Å². The predicted molar refractivity (Wildman–Crippen MR) is 123 cm³/mol. The Morgan fingerprint density at radius 3 is 2.67 bits per heavy atom. The lowest BCUT2D eigenvalue weighted by atomic mass is 9.92. The molecular weight excluding hydrogens is 475 g/mol. The van der Waals surface area contributed by atoms with E-state index in [2.05, 4.69) is 27.0 Å². The fourth-order valence-electron chi connectivity index (χ4n) is 5.07. The number of nitrogens with zero attached hydrogens (tertiary/aromatic N) is 1. The van der Waals surface area contributed by atoms with Gasteiger partial charge in [0.05, 0.1) is 24.9 Å². The molecule has 8 nitrogen and oxygen atoms in total. The smallest absolute Gasteiger partial charge is 0.268 e. The Bertz CT molecular complexity index is 1210. The molecule has 1 aromatic heterocycles. The van der Waals surface area contributed by atoms with Crippen LogP contribution < -0.4 is 16.0 Å². The lowest BCUT2D eigenvalue weighted by Crippen LogP contribution is -2.50. The van der Waals surface area contributed by atoms with Crippen LogP contribution in [0, 0.1) is 29.0 Å². The summed E-state index contributed by atoms with van der Waals surface area (Å²) < 4.78 is 46.9. The summed E-state index contributed by atoms with van der Waals surface area (Å²) in [6.45, 7) is 0.898. The summed E-state index contributed by atoms with van der Waals surface area (Å²) in [6, 6.07) is 5.75. The fraction of sp³-hybridized carbons (Fsp3) is 0.560. The maximum absolute atomic E-state index is 14.0. The monoisotopic (exact) mass is 503 g/mol. The number of ether oxygens (including phenoxy) is 1. The summed E-state index contributed by atoms with van der Waals surface area (Å²) in [5, 5.41) is 18.6. The van der Waals surface area contributed by atoms with E-state index in [0.29, 0.717) is 25.1 Å². The number of carbonyl (C=O) groups is 2. The molecule has 2 saturated carbocycles. The van der Waals surface area contributed by atoms with Gasteiger partial charge in [0.15, 0.2) is 0 Å². The standard InChI is InChI=1S/C25H28F3N5O3/c26-18-3-1-2-15-7-19(32-21(15)18)23(35)33-20(8-16-10-25(16,27)28)22(34)31-17(11-29)6-14-9-24(4-5-24)30-13-36-12-14/h1-3,7,14,16-17,20,30,32H,4-6,8-10,12-13H2,(H,31,34)(H,33,35)/t14-,16?,17+,20+/m1/s1. The molecular formula is C25H28F3N5O3. The van der Waals surface area contributed by atoms with Crippen LogP contribution in [0.1, 0.15) is 49.0 Å². The number of nitrogens with one attached hydrogen (secondary N) is 4. The van der Waals surface area contributed by atoms with Crippen LogP contribution in [0.5, 0.6) is 0 Å². The first-order valence-corrected chi connectivity index (χ1v) is 12.2. The summed E-state index contributed by atoms with van der Waals surface area (Å²) in [4.78, 5) is 28.6. The lowest BCUT2D eigenvalue weighted by molar-refractivity contribution is -0.123. The number of benzene rings is 1. The van der Waals surface area contributed by atoms with E-state index in [1.807, 2.05) is 0 Å². The van der Waals surface area contributed by atoms with Gasteiger partial charge >= 0.3 is 0 Å². The highest BCUT2D eigenvalue weighted by molar-refractivity contribution is 6.00. The number of para-hydroxylation sites is 1. The number of hydrogen-bond acceptors (Lipinski definition) is 5. The van der Waals surface area contributed by atoms with Crippen molar-refractivity contribution in [1.82, 2.24) is 20.9 Å². The summed E-state index contributed by atoms with van der Waals surface area (Å²) in [6.07, 6.45) is 2.63. The van der Waals surface area contributed by atoms with Crippen LogP contribution in [0.3, 0.4) is 0 Å². The maximum atomic E-state index is 14.0. The number of fused-ring (bicyclic) bond motifs is 1. The highest BCUT2D eigenvalue weighted by Crippen LogP contribution is 2.51. The molecule has 4 atom stereocenters. The molecule has 1 spiro atoms. The maximum Gasteiger partial charge on any atom is 0.268 e. The number of hydrogen-bond donors (Lipinski definition) is 4. The number of rotatable bonds is 8. The zero-order chi connectivity index (χ0) is 25.5. The molecule has 11 heteroatoms. The Kier molecular flexibility index (Phi) is 6.43. The van der Waals surface area contributed by atoms with Crippen LogP contribution in [0.15, 0.2) is 24.3 Å². The van der Waals surface area contributed by atoms with Crippen molar-refractivity contribution in [2.24, 2.45) is 11.8 Å². The van der Waals surface area contributed by atoms with Gasteiger partial charge < -0.3 is 20.4 Å². The zero-order valence-electron chi connectivity index (χ0n) is 19.6. The van der Waals surface area contributed by atoms with Crippen LogP contribution >= 0.6 is 0 Å². The number of carbonyl (C=O) groups excluding carboxylic acids is 2. The third kappa shape index (κ3) is 5.34. The summed E-state index contributed by atoms with van der Waals surface area (Å²) in [7, 11) is 0. The number of aromatic nitrogens is 1. The van der Waals surface area contributed by atoms with Gasteiger partial charge in [-0.15, -0.1) is 0 Å². The molecule has 3 fully saturated rings. The first kappa shape index (κ1) is 24.6. The van der Waals surface area contributed by atoms with Crippen molar-refractivity contribution in [2.45, 2.75) is 62.1 Å². The highest BCUT2D eigenvalue weighted by Gasteiger charge is 2.57. The lowest BCUT2D eigenvalue weighted by Gasteiger charge is -2.23. The Hall–Kier alpha value is -3.10. The Labute approximate surface area is 205 Å². The molecule has 1 saturated heterocycles. The van der Waals surface area contributed by atoms with Crippen LogP contribution in [0.25, 0.3) is 10.9 Å². The van der Waals surface area contributed by atoms with E-state index >= 15 is 0 Å². The van der Waals surface area contributed by atoms with Crippen LogP contribution in [-0.4, -0.2) is 53.7 Å². The third-order valence-corrected chi connectivity index (χ3v) is 7.42. The van der Waals surface area contributed by atoms with Gasteiger partial charge in [0, 0.05) is 23.3 Å². The van der Waals surface area contributed by atoms with Crippen molar-refractivity contribution in [2.75, 3.05) is 13.3 Å². The van der Waals surface area contributed by atoms with E-state index in [1.54, 1.807) is 6.07 Å². The number of nitriles is 1. The molecule has 2 aliphatic carbocycles. The molecule has 4 N–H and O–H groups in total. The minimum absolute atomic E-state index is 0.00475. The number of alkyl halides is 2. The van der Waals surface area contributed by atoms with E-state index < -0.39 is 41.6 Å². The topological polar surface area (TPSA) is 119 Å². The molecule has 2 heterocycles. The van der Waals surface area contributed by atoms with E-state index in [9.17, 15) is 28.0 Å². The second-order valence-electron chi connectivity index (χ2n) is 10.3. The molecule has 2 amide bonds. The molecule has 1 unspecified atom stereocenters. The summed E-state index contributed by atoms with van der Waals surface area (Å²) >= 11 is 0. The Morgan fingerprint density at radius 1 is 1.22 bits per heavy atom. The Morgan fingerprint density at radius 2 is 2.00 bits per heavy atom. The molecule has 1 aliphatic heterocycles. The summed E-state index contributed by atoms with van der Waals surface area (Å²) in [5.41, 5.74) is 0.179. The van der Waals surface area contributed by atoms with Gasteiger partial charge in [0.25, 0.3) is 11.8 Å². The van der Waals surface area contributed by atoms with Crippen molar-refractivity contribution in [3.63, 3.8) is 0 Å². The van der Waals surface area contributed by atoms with E-state index in [-0.39, 0.29) is 35.5 Å². The van der Waals surface area contributed by atoms with E-state index in [1.165, 1.54) is 18.2 Å². The minimum atomic E-state index is -2.88. The number of aromatic amines is 1. The number of halogens is 3. The normalized spacial score (nSPS) is 25.4. The second-order valence-corrected chi connectivity index (χ2v) is 10.3. The quantitative estimate of drug-likeness (QED) is 0.442. The van der Waals surface area contributed by atoms with Gasteiger partial charge in [-0.1, -0.05) is 12.1 Å². The molecule has 0 radical (unpaired) electrons. The van der Waals surface area contributed by atoms with Crippen LogP contribution in [-0.2, 0) is 9.53 Å². The van der Waals surface area contributed by atoms with Crippen LogP contribution in [0.2, 0.25) is 0 Å². The molecule has 5 rings (SSSR count). The van der Waals surface area contributed by atoms with Gasteiger partial charge in [-0.25, -0.2) is 13.2 Å². The average molecular weight is 504 g/mol. The molecule has 0 bridgehead atoms. The fourth-order valence-corrected chi connectivity index (χ4v) is 5.07. The average Bonchev–Trinajstić information content (AvgIpc) is 3.69. The molecule has 1 aromatic carbocycles. The van der Waals surface area contributed by atoms with Gasteiger partial charge in [0.2, 0.25) is 5.91 Å². The highest BCUT2D eigenvalue weighted by atomic mass is 19.3. The van der Waals surface area contributed by atoms with Crippen molar-refractivity contribution >= 4 is 22.7 Å². The Balaban J connectivity index is 1.26. The largest absolute Gasteiger partial charge is 0.366 e. The van der Waals surface area contributed by atoms with Gasteiger partial charge in [0.1, 0.15) is 23.6 Å². The minimum Gasteiger partial charge on any atom is -0.366 e. The molecule has 2 aromatic rings. The predicted octanol–water partition coefficient (Wildman–Crippen LogP) is 2.97. The SMILES string of the molecule is N#C[C@H](C[C@H]1COCNC2(CC2)C1)NC(=O)[C@H](CC1CC1(F)F)NC(=O)c1cc2cccc(F)c2[nH]1. The number of H-pyrrole nitrogens is 1. The van der Waals surface area contributed by atoms with Crippen molar-refractivity contribution in [3.8, 4) is 6.07 Å². The van der Waals surface area contributed by atoms with E-state index in [4.69, 9.17) is 4.74 Å². The molecule has 36 heavy (non-hydrogen) atoms. The summed E-state index contributed by atoms with van der Waals surface area (Å²) in [5.74, 6) is -5.83. The first-order valence-electron chi connectivity index (χ1n) is 12.2. The van der Waals surface area contributed by atoms with Gasteiger partial charge in [-0.05, 0) is 50.2 Å². The zero-order valence-corrected chi connectivity index (χ0v) is 19.6. The first-order chi connectivity index (χ1) is 17.2.